The number of thiophene rings is 1. The Labute approximate surface area is 153 Å². The van der Waals surface area contributed by atoms with Crippen LogP contribution in [0.2, 0.25) is 0 Å². The molecule has 0 spiro atoms. The highest BCUT2D eigenvalue weighted by molar-refractivity contribution is 7.09. The van der Waals surface area contributed by atoms with Gasteiger partial charge >= 0.3 is 0 Å². The lowest BCUT2D eigenvalue weighted by molar-refractivity contribution is -0.135. The minimum absolute atomic E-state index is 0.00321. The van der Waals surface area contributed by atoms with Crippen molar-refractivity contribution in [3.63, 3.8) is 0 Å². The van der Waals surface area contributed by atoms with E-state index in [4.69, 9.17) is 9.47 Å². The van der Waals surface area contributed by atoms with E-state index in [0.717, 1.165) is 31.6 Å². The number of carbonyl (C=O) groups excluding carboxylic acids is 1. The van der Waals surface area contributed by atoms with Gasteiger partial charge < -0.3 is 14.4 Å². The van der Waals surface area contributed by atoms with E-state index >= 15 is 0 Å². The Morgan fingerprint density at radius 2 is 2.16 bits per heavy atom. The predicted molar refractivity (Wildman–Crippen MR) is 100 cm³/mol. The highest BCUT2D eigenvalue weighted by Gasteiger charge is 2.23. The number of benzene rings is 1. The number of nitrogens with zero attached hydrogens (tertiary/aromatic N) is 1. The summed E-state index contributed by atoms with van der Waals surface area (Å²) in [4.78, 5) is 15.7. The molecule has 3 rings (SSSR count). The third kappa shape index (κ3) is 5.31. The fourth-order valence-corrected chi connectivity index (χ4v) is 3.66. The zero-order chi connectivity index (χ0) is 17.5. The molecule has 0 N–H and O–H groups in total. The summed E-state index contributed by atoms with van der Waals surface area (Å²) < 4.78 is 11.4. The van der Waals surface area contributed by atoms with Crippen LogP contribution in [0, 0.1) is 0 Å². The fraction of sp³-hybridized carbons (Fsp3) is 0.450. The molecule has 2 aromatic rings. The first kappa shape index (κ1) is 18.0. The average molecular weight is 359 g/mol. The number of aryl methyl sites for hydroxylation is 1. The minimum atomic E-state index is 0.00321. The first-order valence-electron chi connectivity index (χ1n) is 8.88. The summed E-state index contributed by atoms with van der Waals surface area (Å²) in [5, 5.41) is 2.04. The SMILES string of the molecule is CCc1ccc(OCC(=O)N(Cc2cccs2)CC2CCCO2)cc1. The molecule has 0 bridgehead atoms. The van der Waals surface area contributed by atoms with Crippen molar-refractivity contribution in [3.8, 4) is 5.75 Å². The maximum atomic E-state index is 12.7. The van der Waals surface area contributed by atoms with Gasteiger partial charge in [-0.3, -0.25) is 4.79 Å². The second-order valence-electron chi connectivity index (χ2n) is 6.27. The van der Waals surface area contributed by atoms with Crippen LogP contribution in [0.5, 0.6) is 5.75 Å². The van der Waals surface area contributed by atoms with E-state index in [-0.39, 0.29) is 18.6 Å². The largest absolute Gasteiger partial charge is 0.484 e. The van der Waals surface area contributed by atoms with E-state index in [9.17, 15) is 4.79 Å². The molecule has 1 fully saturated rings. The lowest BCUT2D eigenvalue weighted by atomic mass is 10.2. The molecule has 1 aliphatic rings. The minimum Gasteiger partial charge on any atom is -0.484 e. The number of amides is 1. The number of ether oxygens (including phenoxy) is 2. The van der Waals surface area contributed by atoms with Crippen LogP contribution in [0.3, 0.4) is 0 Å². The van der Waals surface area contributed by atoms with E-state index < -0.39 is 0 Å². The van der Waals surface area contributed by atoms with Crippen molar-refractivity contribution in [1.29, 1.82) is 0 Å². The number of rotatable bonds is 8. The first-order chi connectivity index (χ1) is 12.2. The third-order valence-electron chi connectivity index (χ3n) is 4.42. The molecular formula is C20H25NO3S. The van der Waals surface area contributed by atoms with Gasteiger partial charge in [-0.2, -0.15) is 0 Å². The number of hydrogen-bond acceptors (Lipinski definition) is 4. The van der Waals surface area contributed by atoms with Crippen LogP contribution in [0.4, 0.5) is 0 Å². The smallest absolute Gasteiger partial charge is 0.260 e. The molecule has 1 aromatic carbocycles. The topological polar surface area (TPSA) is 38.8 Å². The lowest BCUT2D eigenvalue weighted by Crippen LogP contribution is -2.39. The van der Waals surface area contributed by atoms with Crippen LogP contribution in [0.15, 0.2) is 41.8 Å². The van der Waals surface area contributed by atoms with E-state index in [1.165, 1.54) is 10.4 Å². The summed E-state index contributed by atoms with van der Waals surface area (Å²) in [6, 6.07) is 12.0. The van der Waals surface area contributed by atoms with Crippen molar-refractivity contribution in [2.24, 2.45) is 0 Å². The molecule has 0 saturated carbocycles. The van der Waals surface area contributed by atoms with Gasteiger partial charge in [0.1, 0.15) is 5.75 Å². The van der Waals surface area contributed by atoms with Crippen molar-refractivity contribution in [2.75, 3.05) is 19.8 Å². The van der Waals surface area contributed by atoms with Gasteiger partial charge in [-0.15, -0.1) is 11.3 Å². The van der Waals surface area contributed by atoms with Crippen LogP contribution in [-0.4, -0.2) is 36.7 Å². The van der Waals surface area contributed by atoms with Crippen molar-refractivity contribution < 1.29 is 14.3 Å². The summed E-state index contributed by atoms with van der Waals surface area (Å²) in [5.74, 6) is 0.738. The molecule has 1 saturated heterocycles. The Morgan fingerprint density at radius 1 is 1.32 bits per heavy atom. The van der Waals surface area contributed by atoms with Crippen molar-refractivity contribution in [3.05, 3.63) is 52.2 Å². The Bertz CT molecular complexity index is 648. The van der Waals surface area contributed by atoms with Crippen molar-refractivity contribution >= 4 is 17.2 Å². The third-order valence-corrected chi connectivity index (χ3v) is 5.28. The Morgan fingerprint density at radius 3 is 2.80 bits per heavy atom. The molecule has 1 aromatic heterocycles. The summed E-state index contributed by atoms with van der Waals surface area (Å²) in [7, 11) is 0. The zero-order valence-corrected chi connectivity index (χ0v) is 15.5. The molecule has 134 valence electrons. The molecule has 2 heterocycles. The van der Waals surface area contributed by atoms with Gasteiger partial charge in [-0.1, -0.05) is 25.1 Å². The predicted octanol–water partition coefficient (Wildman–Crippen LogP) is 3.90. The second-order valence-corrected chi connectivity index (χ2v) is 7.31. The van der Waals surface area contributed by atoms with Crippen LogP contribution in [0.1, 0.15) is 30.2 Å². The molecule has 25 heavy (non-hydrogen) atoms. The monoisotopic (exact) mass is 359 g/mol. The molecule has 1 amide bonds. The van der Waals surface area contributed by atoms with Gasteiger partial charge in [-0.05, 0) is 48.4 Å². The Hall–Kier alpha value is -1.85. The molecule has 1 atom stereocenters. The summed E-state index contributed by atoms with van der Waals surface area (Å²) in [6.45, 7) is 4.23. The highest BCUT2D eigenvalue weighted by atomic mass is 32.1. The van der Waals surface area contributed by atoms with Crippen molar-refractivity contribution in [2.45, 2.75) is 38.8 Å². The Kier molecular flexibility index (Phi) is 6.48. The maximum Gasteiger partial charge on any atom is 0.260 e. The fourth-order valence-electron chi connectivity index (χ4n) is 2.94. The van der Waals surface area contributed by atoms with E-state index in [1.807, 2.05) is 40.6 Å². The standard InChI is InChI=1S/C20H25NO3S/c1-2-16-7-9-17(10-8-16)24-15-20(22)21(13-18-5-3-11-23-18)14-19-6-4-12-25-19/h4,6-10,12,18H,2-3,5,11,13-15H2,1H3. The molecule has 1 unspecified atom stereocenters. The lowest BCUT2D eigenvalue weighted by Gasteiger charge is -2.25. The molecule has 1 aliphatic heterocycles. The zero-order valence-electron chi connectivity index (χ0n) is 14.6. The van der Waals surface area contributed by atoms with Gasteiger partial charge in [0.05, 0.1) is 12.6 Å². The quantitative estimate of drug-likeness (QED) is 0.718. The van der Waals surface area contributed by atoms with E-state index in [1.54, 1.807) is 11.3 Å². The summed E-state index contributed by atoms with van der Waals surface area (Å²) in [5.41, 5.74) is 1.26. The van der Waals surface area contributed by atoms with Gasteiger partial charge in [-0.25, -0.2) is 0 Å². The maximum absolute atomic E-state index is 12.7. The molecule has 0 radical (unpaired) electrons. The highest BCUT2D eigenvalue weighted by Crippen LogP contribution is 2.18. The van der Waals surface area contributed by atoms with Crippen LogP contribution < -0.4 is 4.74 Å². The van der Waals surface area contributed by atoms with Crippen molar-refractivity contribution in [1.82, 2.24) is 4.90 Å². The molecule has 5 heteroatoms. The van der Waals surface area contributed by atoms with Gasteiger partial charge in [0.15, 0.2) is 6.61 Å². The first-order valence-corrected chi connectivity index (χ1v) is 9.76. The van der Waals surface area contributed by atoms with Gasteiger partial charge in [0.25, 0.3) is 5.91 Å². The van der Waals surface area contributed by atoms with Gasteiger partial charge in [0.2, 0.25) is 0 Å². The second kappa shape index (κ2) is 9.02. The molecule has 0 aliphatic carbocycles. The molecule has 4 nitrogen and oxygen atoms in total. The summed E-state index contributed by atoms with van der Waals surface area (Å²) >= 11 is 1.67. The van der Waals surface area contributed by atoms with E-state index in [0.29, 0.717) is 13.1 Å². The normalized spacial score (nSPS) is 16.8. The van der Waals surface area contributed by atoms with Gasteiger partial charge in [0, 0.05) is 18.0 Å². The number of hydrogen-bond donors (Lipinski definition) is 0. The average Bonchev–Trinajstić information content (AvgIpc) is 3.33. The van der Waals surface area contributed by atoms with Crippen LogP contribution in [0.25, 0.3) is 0 Å². The molecular weight excluding hydrogens is 334 g/mol. The Balaban J connectivity index is 1.58. The number of carbonyl (C=O) groups is 1. The van der Waals surface area contributed by atoms with Crippen LogP contribution in [-0.2, 0) is 22.5 Å². The van der Waals surface area contributed by atoms with Crippen LogP contribution >= 0.6 is 11.3 Å². The summed E-state index contributed by atoms with van der Waals surface area (Å²) in [6.07, 6.45) is 3.24. The van der Waals surface area contributed by atoms with E-state index in [2.05, 4.69) is 13.0 Å².